The van der Waals surface area contributed by atoms with E-state index in [2.05, 4.69) is 5.10 Å². The number of carbonyl (C=O) groups excluding carboxylic acids is 1. The van der Waals surface area contributed by atoms with Gasteiger partial charge >= 0.3 is 6.03 Å². The Hall–Kier alpha value is -2.03. The van der Waals surface area contributed by atoms with Crippen LogP contribution in [-0.4, -0.2) is 32.2 Å². The first-order valence-corrected chi connectivity index (χ1v) is 6.71. The summed E-state index contributed by atoms with van der Waals surface area (Å²) >= 11 is 0. The standard InChI is InChI=1S/C10H9F2N3O3S/c11-7-3-1-4-8(12)9(7)19(17,18)14-10(16)15-6-2-5-13-15/h1,3-5H,2,6H2,(H,14,16). The van der Waals surface area contributed by atoms with Crippen molar-refractivity contribution in [1.82, 2.24) is 9.73 Å². The topological polar surface area (TPSA) is 78.8 Å². The molecule has 2 amide bonds. The molecule has 0 spiro atoms. The minimum absolute atomic E-state index is 0.209. The maximum Gasteiger partial charge on any atom is 0.351 e. The number of benzene rings is 1. The van der Waals surface area contributed by atoms with Gasteiger partial charge in [-0.1, -0.05) is 6.07 Å². The number of hydrogen-bond acceptors (Lipinski definition) is 4. The van der Waals surface area contributed by atoms with Crippen LogP contribution in [0.2, 0.25) is 0 Å². The molecule has 1 heterocycles. The van der Waals surface area contributed by atoms with E-state index >= 15 is 0 Å². The van der Waals surface area contributed by atoms with Crippen LogP contribution in [0.3, 0.4) is 0 Å². The van der Waals surface area contributed by atoms with Gasteiger partial charge in [-0.25, -0.2) is 31.7 Å². The molecule has 0 aliphatic carbocycles. The van der Waals surface area contributed by atoms with E-state index in [4.69, 9.17) is 0 Å². The molecule has 0 saturated carbocycles. The summed E-state index contributed by atoms with van der Waals surface area (Å²) in [7, 11) is -4.62. The Bertz CT molecular complexity index is 625. The third-order valence-electron chi connectivity index (χ3n) is 2.33. The van der Waals surface area contributed by atoms with Crippen molar-refractivity contribution in [2.45, 2.75) is 11.3 Å². The van der Waals surface area contributed by atoms with Gasteiger partial charge in [0.15, 0.2) is 4.90 Å². The van der Waals surface area contributed by atoms with E-state index in [-0.39, 0.29) is 6.54 Å². The van der Waals surface area contributed by atoms with E-state index in [1.54, 1.807) is 4.72 Å². The normalized spacial score (nSPS) is 14.7. The van der Waals surface area contributed by atoms with Gasteiger partial charge < -0.3 is 0 Å². The fraction of sp³-hybridized carbons (Fsp3) is 0.200. The third-order valence-corrected chi connectivity index (χ3v) is 3.71. The number of rotatable bonds is 2. The fourth-order valence-electron chi connectivity index (χ4n) is 1.51. The van der Waals surface area contributed by atoms with Crippen LogP contribution < -0.4 is 4.72 Å². The van der Waals surface area contributed by atoms with Crippen molar-refractivity contribution in [2.75, 3.05) is 6.54 Å². The molecule has 0 radical (unpaired) electrons. The molecule has 9 heteroatoms. The summed E-state index contributed by atoms with van der Waals surface area (Å²) in [5.41, 5.74) is 0. The van der Waals surface area contributed by atoms with E-state index in [9.17, 15) is 22.0 Å². The van der Waals surface area contributed by atoms with Gasteiger partial charge in [0, 0.05) is 12.6 Å². The van der Waals surface area contributed by atoms with E-state index in [1.807, 2.05) is 0 Å². The number of sulfonamides is 1. The molecule has 2 rings (SSSR count). The number of amides is 2. The van der Waals surface area contributed by atoms with Gasteiger partial charge in [-0.15, -0.1) is 0 Å². The molecule has 19 heavy (non-hydrogen) atoms. The van der Waals surface area contributed by atoms with Crippen molar-refractivity contribution in [3.8, 4) is 0 Å². The molecule has 1 aromatic rings. The molecule has 1 N–H and O–H groups in total. The number of carbonyl (C=O) groups is 1. The lowest BCUT2D eigenvalue weighted by Gasteiger charge is -2.13. The summed E-state index contributed by atoms with van der Waals surface area (Å²) < 4.78 is 51.8. The lowest BCUT2D eigenvalue weighted by atomic mass is 10.3. The number of halogens is 2. The highest BCUT2D eigenvalue weighted by Crippen LogP contribution is 2.18. The highest BCUT2D eigenvalue weighted by molar-refractivity contribution is 7.90. The average Bonchev–Trinajstić information content (AvgIpc) is 2.80. The average molecular weight is 289 g/mol. The van der Waals surface area contributed by atoms with Crippen LogP contribution in [0.4, 0.5) is 13.6 Å². The van der Waals surface area contributed by atoms with Crippen LogP contribution in [0.1, 0.15) is 6.42 Å². The highest BCUT2D eigenvalue weighted by Gasteiger charge is 2.28. The molecule has 1 aromatic carbocycles. The molecule has 0 bridgehead atoms. The summed E-state index contributed by atoms with van der Waals surface area (Å²) in [6.07, 6.45) is 1.91. The van der Waals surface area contributed by atoms with E-state index in [1.165, 1.54) is 6.21 Å². The Kier molecular flexibility index (Phi) is 3.47. The van der Waals surface area contributed by atoms with Crippen LogP contribution in [0, 0.1) is 11.6 Å². The lowest BCUT2D eigenvalue weighted by molar-refractivity contribution is 0.211. The predicted molar refractivity (Wildman–Crippen MR) is 61.9 cm³/mol. The first-order chi connectivity index (χ1) is 8.92. The molecule has 6 nitrogen and oxygen atoms in total. The maximum absolute atomic E-state index is 13.4. The number of nitrogens with zero attached hydrogens (tertiary/aromatic N) is 2. The molecule has 0 fully saturated rings. The Morgan fingerprint density at radius 2 is 1.95 bits per heavy atom. The second-order valence-electron chi connectivity index (χ2n) is 3.67. The number of hydrazone groups is 1. The van der Waals surface area contributed by atoms with Crippen molar-refractivity contribution < 1.29 is 22.0 Å². The Balaban J connectivity index is 2.28. The summed E-state index contributed by atoms with van der Waals surface area (Å²) in [6.45, 7) is 0.209. The molecular formula is C10H9F2N3O3S. The molecule has 1 aliphatic rings. The highest BCUT2D eigenvalue weighted by atomic mass is 32.2. The summed E-state index contributed by atoms with van der Waals surface area (Å²) in [5, 5.41) is 4.46. The predicted octanol–water partition coefficient (Wildman–Crippen LogP) is 1.05. The summed E-state index contributed by atoms with van der Waals surface area (Å²) in [5.74, 6) is -2.55. The first kappa shape index (κ1) is 13.4. The van der Waals surface area contributed by atoms with Gasteiger partial charge in [0.1, 0.15) is 11.6 Å². The second kappa shape index (κ2) is 4.92. The number of nitrogens with one attached hydrogen (secondary N) is 1. The first-order valence-electron chi connectivity index (χ1n) is 5.22. The molecular weight excluding hydrogens is 280 g/mol. The van der Waals surface area contributed by atoms with Crippen molar-refractivity contribution in [1.29, 1.82) is 0 Å². The lowest BCUT2D eigenvalue weighted by Crippen LogP contribution is -2.39. The second-order valence-corrected chi connectivity index (χ2v) is 5.29. The largest absolute Gasteiger partial charge is 0.351 e. The van der Waals surface area contributed by atoms with Crippen molar-refractivity contribution in [2.24, 2.45) is 5.10 Å². The maximum atomic E-state index is 13.4. The summed E-state index contributed by atoms with van der Waals surface area (Å²) in [4.78, 5) is 10.3. The van der Waals surface area contributed by atoms with Gasteiger partial charge in [0.25, 0.3) is 10.0 Å². The van der Waals surface area contributed by atoms with Gasteiger partial charge in [-0.3, -0.25) is 0 Å². The monoisotopic (exact) mass is 289 g/mol. The summed E-state index contributed by atoms with van der Waals surface area (Å²) in [6, 6.07) is 1.54. The molecule has 102 valence electrons. The minimum Gasteiger partial charge on any atom is -0.246 e. The zero-order valence-corrected chi connectivity index (χ0v) is 10.3. The minimum atomic E-state index is -4.62. The van der Waals surface area contributed by atoms with E-state index in [0.717, 1.165) is 23.2 Å². The van der Waals surface area contributed by atoms with Crippen molar-refractivity contribution in [3.05, 3.63) is 29.8 Å². The van der Waals surface area contributed by atoms with Crippen molar-refractivity contribution in [3.63, 3.8) is 0 Å². The Labute approximate surface area is 107 Å². The Morgan fingerprint density at radius 3 is 2.47 bits per heavy atom. The van der Waals surface area contributed by atoms with Crippen LogP contribution in [-0.2, 0) is 10.0 Å². The molecule has 0 aromatic heterocycles. The van der Waals surface area contributed by atoms with Gasteiger partial charge in [0.2, 0.25) is 0 Å². The van der Waals surface area contributed by atoms with Crippen molar-refractivity contribution >= 4 is 22.3 Å². The van der Waals surface area contributed by atoms with Gasteiger partial charge in [-0.2, -0.15) is 5.10 Å². The molecule has 0 saturated heterocycles. The van der Waals surface area contributed by atoms with Crippen LogP contribution >= 0.6 is 0 Å². The van der Waals surface area contributed by atoms with Gasteiger partial charge in [-0.05, 0) is 12.1 Å². The van der Waals surface area contributed by atoms with Crippen LogP contribution in [0.25, 0.3) is 0 Å². The van der Waals surface area contributed by atoms with Crippen LogP contribution in [0.15, 0.2) is 28.2 Å². The van der Waals surface area contributed by atoms with E-state index < -0.39 is 32.6 Å². The van der Waals surface area contributed by atoms with Crippen LogP contribution in [0.5, 0.6) is 0 Å². The van der Waals surface area contributed by atoms with E-state index in [0.29, 0.717) is 6.42 Å². The fourth-order valence-corrected chi connectivity index (χ4v) is 2.59. The number of hydrogen-bond donors (Lipinski definition) is 1. The molecule has 1 aliphatic heterocycles. The SMILES string of the molecule is O=C(NS(=O)(=O)c1c(F)cccc1F)N1CCC=N1. The quantitative estimate of drug-likeness (QED) is 0.884. The zero-order valence-electron chi connectivity index (χ0n) is 9.51. The molecule has 0 unspecified atom stereocenters. The smallest absolute Gasteiger partial charge is 0.246 e. The number of urea groups is 1. The Morgan fingerprint density at radius 1 is 1.32 bits per heavy atom. The van der Waals surface area contributed by atoms with Gasteiger partial charge in [0.05, 0.1) is 6.54 Å². The third kappa shape index (κ3) is 2.70. The zero-order chi connectivity index (χ0) is 14.0. The molecule has 0 atom stereocenters.